The molecular formula is C20H22N2O4. The number of rotatable bonds is 7. The van der Waals surface area contributed by atoms with Gasteiger partial charge in [0.05, 0.1) is 25.3 Å². The van der Waals surface area contributed by atoms with Crippen LogP contribution in [-0.4, -0.2) is 56.0 Å². The number of nitrogens with zero attached hydrogens (tertiary/aromatic N) is 2. The van der Waals surface area contributed by atoms with E-state index in [1.165, 1.54) is 4.90 Å². The normalized spacial score (nSPS) is 13.3. The quantitative estimate of drug-likeness (QED) is 0.715. The fourth-order valence-electron chi connectivity index (χ4n) is 3.07. The Kier molecular flexibility index (Phi) is 5.23. The van der Waals surface area contributed by atoms with Crippen molar-refractivity contribution in [2.45, 2.75) is 6.54 Å². The molecule has 2 amide bonds. The Balaban J connectivity index is 1.63. The van der Waals surface area contributed by atoms with Crippen molar-refractivity contribution in [1.29, 1.82) is 0 Å². The molecule has 3 rings (SSSR count). The van der Waals surface area contributed by atoms with E-state index in [-0.39, 0.29) is 11.8 Å². The van der Waals surface area contributed by atoms with Gasteiger partial charge in [-0.1, -0.05) is 18.2 Å². The molecule has 0 N–H and O–H groups in total. The van der Waals surface area contributed by atoms with Crippen molar-refractivity contribution in [3.05, 3.63) is 59.2 Å². The first-order valence-corrected chi connectivity index (χ1v) is 8.40. The first kappa shape index (κ1) is 17.9. The minimum absolute atomic E-state index is 0.221. The van der Waals surface area contributed by atoms with Crippen LogP contribution in [0.15, 0.2) is 42.5 Å². The number of hydrogen-bond donors (Lipinski definition) is 0. The molecule has 0 atom stereocenters. The fraction of sp³-hybridized carbons (Fsp3) is 0.300. The average molecular weight is 354 g/mol. The van der Waals surface area contributed by atoms with E-state index < -0.39 is 0 Å². The van der Waals surface area contributed by atoms with Gasteiger partial charge in [-0.3, -0.25) is 14.5 Å². The molecule has 0 unspecified atom stereocenters. The number of fused-ring (bicyclic) bond motifs is 1. The van der Waals surface area contributed by atoms with Crippen LogP contribution in [0.5, 0.6) is 11.5 Å². The van der Waals surface area contributed by atoms with Gasteiger partial charge in [-0.15, -0.1) is 0 Å². The lowest BCUT2D eigenvalue weighted by molar-refractivity contribution is 0.0640. The number of imide groups is 1. The van der Waals surface area contributed by atoms with E-state index in [2.05, 4.69) is 0 Å². The molecule has 0 aliphatic carbocycles. The predicted molar refractivity (Wildman–Crippen MR) is 97.7 cm³/mol. The third-order valence-corrected chi connectivity index (χ3v) is 4.52. The van der Waals surface area contributed by atoms with Crippen LogP contribution in [-0.2, 0) is 6.54 Å². The van der Waals surface area contributed by atoms with Crippen molar-refractivity contribution in [2.75, 3.05) is 34.4 Å². The van der Waals surface area contributed by atoms with Crippen LogP contribution in [0.2, 0.25) is 0 Å². The topological polar surface area (TPSA) is 59.1 Å². The molecule has 0 saturated heterocycles. The van der Waals surface area contributed by atoms with Gasteiger partial charge in [0.15, 0.2) is 0 Å². The minimum Gasteiger partial charge on any atom is -0.497 e. The van der Waals surface area contributed by atoms with Gasteiger partial charge in [0.2, 0.25) is 0 Å². The summed E-state index contributed by atoms with van der Waals surface area (Å²) in [6.07, 6.45) is 0. The molecule has 0 radical (unpaired) electrons. The zero-order valence-electron chi connectivity index (χ0n) is 15.2. The van der Waals surface area contributed by atoms with Crippen LogP contribution in [0, 0.1) is 0 Å². The first-order valence-electron chi connectivity index (χ1n) is 8.40. The maximum Gasteiger partial charge on any atom is 0.261 e. The SMILES string of the molecule is COc1ccc(CN(C)CCN2C(=O)c3ccccc3C2=O)c(OC)c1. The Morgan fingerprint density at radius 2 is 1.62 bits per heavy atom. The van der Waals surface area contributed by atoms with Gasteiger partial charge in [0, 0.05) is 31.3 Å². The van der Waals surface area contributed by atoms with E-state index in [9.17, 15) is 9.59 Å². The first-order chi connectivity index (χ1) is 12.5. The molecule has 0 aromatic heterocycles. The number of ether oxygens (including phenoxy) is 2. The van der Waals surface area contributed by atoms with Crippen LogP contribution in [0.1, 0.15) is 26.3 Å². The second kappa shape index (κ2) is 7.58. The summed E-state index contributed by atoms with van der Waals surface area (Å²) < 4.78 is 10.6. The van der Waals surface area contributed by atoms with Gasteiger partial charge in [-0.2, -0.15) is 0 Å². The van der Waals surface area contributed by atoms with Gasteiger partial charge in [0.1, 0.15) is 11.5 Å². The summed E-state index contributed by atoms with van der Waals surface area (Å²) in [5.41, 5.74) is 1.98. The van der Waals surface area contributed by atoms with Crippen LogP contribution in [0.3, 0.4) is 0 Å². The third-order valence-electron chi connectivity index (χ3n) is 4.52. The predicted octanol–water partition coefficient (Wildman–Crippen LogP) is 2.43. The zero-order chi connectivity index (χ0) is 18.7. The fourth-order valence-corrected chi connectivity index (χ4v) is 3.07. The molecule has 1 aliphatic heterocycles. The Morgan fingerprint density at radius 1 is 0.962 bits per heavy atom. The lowest BCUT2D eigenvalue weighted by atomic mass is 10.1. The second-order valence-corrected chi connectivity index (χ2v) is 6.22. The van der Waals surface area contributed by atoms with E-state index in [1.54, 1.807) is 38.5 Å². The summed E-state index contributed by atoms with van der Waals surface area (Å²) in [6, 6.07) is 12.6. The van der Waals surface area contributed by atoms with Crippen LogP contribution < -0.4 is 9.47 Å². The average Bonchev–Trinajstić information content (AvgIpc) is 2.91. The van der Waals surface area contributed by atoms with Crippen molar-refractivity contribution in [3.8, 4) is 11.5 Å². The van der Waals surface area contributed by atoms with Gasteiger partial charge in [-0.25, -0.2) is 0 Å². The van der Waals surface area contributed by atoms with E-state index in [0.29, 0.717) is 30.8 Å². The van der Waals surface area contributed by atoms with Gasteiger partial charge < -0.3 is 14.4 Å². The smallest absolute Gasteiger partial charge is 0.261 e. The summed E-state index contributed by atoms with van der Waals surface area (Å²) in [4.78, 5) is 28.2. The molecule has 0 bridgehead atoms. The van der Waals surface area contributed by atoms with Gasteiger partial charge in [0.25, 0.3) is 11.8 Å². The number of hydrogen-bond acceptors (Lipinski definition) is 5. The number of likely N-dealkylation sites (N-methyl/N-ethyl adjacent to an activating group) is 1. The maximum atomic E-state index is 12.4. The summed E-state index contributed by atoms with van der Waals surface area (Å²) in [7, 11) is 5.18. The maximum absolute atomic E-state index is 12.4. The lowest BCUT2D eigenvalue weighted by Gasteiger charge is -2.21. The highest BCUT2D eigenvalue weighted by molar-refractivity contribution is 6.21. The minimum atomic E-state index is -0.221. The van der Waals surface area contributed by atoms with E-state index in [0.717, 1.165) is 17.1 Å². The van der Waals surface area contributed by atoms with Crippen molar-refractivity contribution in [3.63, 3.8) is 0 Å². The van der Waals surface area contributed by atoms with Crippen molar-refractivity contribution >= 4 is 11.8 Å². The van der Waals surface area contributed by atoms with Crippen LogP contribution in [0.4, 0.5) is 0 Å². The highest BCUT2D eigenvalue weighted by Gasteiger charge is 2.34. The summed E-state index contributed by atoms with van der Waals surface area (Å²) in [5.74, 6) is 1.04. The van der Waals surface area contributed by atoms with Crippen LogP contribution >= 0.6 is 0 Å². The Morgan fingerprint density at radius 3 is 2.19 bits per heavy atom. The van der Waals surface area contributed by atoms with E-state index >= 15 is 0 Å². The molecule has 0 fully saturated rings. The lowest BCUT2D eigenvalue weighted by Crippen LogP contribution is -2.36. The van der Waals surface area contributed by atoms with Crippen LogP contribution in [0.25, 0.3) is 0 Å². The molecule has 0 saturated carbocycles. The largest absolute Gasteiger partial charge is 0.497 e. The number of benzene rings is 2. The monoisotopic (exact) mass is 354 g/mol. The molecule has 6 heteroatoms. The molecule has 0 spiro atoms. The number of methoxy groups -OCH3 is 2. The highest BCUT2D eigenvalue weighted by atomic mass is 16.5. The second-order valence-electron chi connectivity index (χ2n) is 6.22. The Labute approximate surface area is 152 Å². The van der Waals surface area contributed by atoms with Gasteiger partial charge >= 0.3 is 0 Å². The molecule has 6 nitrogen and oxygen atoms in total. The van der Waals surface area contributed by atoms with E-state index in [1.807, 2.05) is 30.1 Å². The summed E-state index contributed by atoms with van der Waals surface area (Å²) in [6.45, 7) is 1.55. The molecule has 136 valence electrons. The summed E-state index contributed by atoms with van der Waals surface area (Å²) >= 11 is 0. The standard InChI is InChI=1S/C20H22N2O4/c1-21(13-14-8-9-15(25-2)12-18(14)26-3)10-11-22-19(23)16-6-4-5-7-17(16)20(22)24/h4-9,12H,10-11,13H2,1-3H3. The van der Waals surface area contributed by atoms with Crippen molar-refractivity contribution in [1.82, 2.24) is 9.80 Å². The molecule has 2 aromatic carbocycles. The molecule has 26 heavy (non-hydrogen) atoms. The molecule has 1 aliphatic rings. The number of amides is 2. The Bertz CT molecular complexity index is 799. The molecular weight excluding hydrogens is 332 g/mol. The van der Waals surface area contributed by atoms with E-state index in [4.69, 9.17) is 9.47 Å². The van der Waals surface area contributed by atoms with Crippen molar-refractivity contribution < 1.29 is 19.1 Å². The zero-order valence-corrected chi connectivity index (χ0v) is 15.2. The van der Waals surface area contributed by atoms with Crippen molar-refractivity contribution in [2.24, 2.45) is 0 Å². The molecule has 1 heterocycles. The number of carbonyl (C=O) groups is 2. The summed E-state index contributed by atoms with van der Waals surface area (Å²) in [5, 5.41) is 0. The third kappa shape index (κ3) is 3.41. The Hall–Kier alpha value is -2.86. The van der Waals surface area contributed by atoms with Gasteiger partial charge in [-0.05, 0) is 25.2 Å². The number of carbonyl (C=O) groups excluding carboxylic acids is 2. The highest BCUT2D eigenvalue weighted by Crippen LogP contribution is 2.26. The molecule has 2 aromatic rings.